The Hall–Kier alpha value is -0.610. The van der Waals surface area contributed by atoms with Crippen molar-refractivity contribution in [3.63, 3.8) is 0 Å². The normalized spacial score (nSPS) is 15.6. The van der Waals surface area contributed by atoms with Crippen LogP contribution in [0.1, 0.15) is 44.2 Å². The van der Waals surface area contributed by atoms with E-state index in [0.717, 1.165) is 36.4 Å². The number of nitrogens with one attached hydrogen (secondary N) is 2. The number of halogens is 1. The van der Waals surface area contributed by atoms with Crippen LogP contribution in [-0.4, -0.2) is 51.3 Å². The molecule has 0 radical (unpaired) electrons. The highest BCUT2D eigenvalue weighted by Crippen LogP contribution is 2.20. The van der Waals surface area contributed by atoms with Gasteiger partial charge in [0.1, 0.15) is 0 Å². The molecule has 144 valence electrons. The van der Waals surface area contributed by atoms with Crippen molar-refractivity contribution in [2.75, 3.05) is 39.2 Å². The van der Waals surface area contributed by atoms with E-state index < -0.39 is 0 Å². The molecule has 1 saturated carbocycles. The zero-order valence-electron chi connectivity index (χ0n) is 15.6. The SMILES string of the molecule is CN=C(NCCCOC1CCCCC1)NCc1csc(N(C)C)n1.I. The van der Waals surface area contributed by atoms with Crippen LogP contribution in [-0.2, 0) is 11.3 Å². The summed E-state index contributed by atoms with van der Waals surface area (Å²) in [6.45, 7) is 2.38. The molecule has 6 nitrogen and oxygen atoms in total. The average molecular weight is 481 g/mol. The summed E-state index contributed by atoms with van der Waals surface area (Å²) in [7, 11) is 5.80. The summed E-state index contributed by atoms with van der Waals surface area (Å²) >= 11 is 1.65. The van der Waals surface area contributed by atoms with E-state index in [1.54, 1.807) is 18.4 Å². The third-order valence-corrected chi connectivity index (χ3v) is 5.16. The van der Waals surface area contributed by atoms with E-state index in [9.17, 15) is 0 Å². The predicted molar refractivity (Wildman–Crippen MR) is 117 cm³/mol. The Morgan fingerprint density at radius 2 is 2.08 bits per heavy atom. The van der Waals surface area contributed by atoms with Crippen LogP contribution in [0.25, 0.3) is 0 Å². The summed E-state index contributed by atoms with van der Waals surface area (Å²) in [5.41, 5.74) is 1.03. The number of rotatable bonds is 8. The van der Waals surface area contributed by atoms with Gasteiger partial charge in [-0.2, -0.15) is 0 Å². The van der Waals surface area contributed by atoms with Crippen LogP contribution in [0.3, 0.4) is 0 Å². The first-order valence-corrected chi connectivity index (χ1v) is 9.75. The highest BCUT2D eigenvalue weighted by Gasteiger charge is 2.13. The molecule has 0 saturated heterocycles. The fraction of sp³-hybridized carbons (Fsp3) is 0.765. The fourth-order valence-corrected chi connectivity index (χ4v) is 3.50. The van der Waals surface area contributed by atoms with Gasteiger partial charge in [-0.1, -0.05) is 19.3 Å². The van der Waals surface area contributed by atoms with Gasteiger partial charge in [-0.15, -0.1) is 35.3 Å². The van der Waals surface area contributed by atoms with Crippen molar-refractivity contribution in [1.29, 1.82) is 0 Å². The van der Waals surface area contributed by atoms with Gasteiger partial charge in [0, 0.05) is 39.7 Å². The predicted octanol–water partition coefficient (Wildman–Crippen LogP) is 3.23. The van der Waals surface area contributed by atoms with Gasteiger partial charge >= 0.3 is 0 Å². The number of nitrogens with zero attached hydrogens (tertiary/aromatic N) is 3. The second kappa shape index (κ2) is 12.7. The molecule has 1 aromatic heterocycles. The van der Waals surface area contributed by atoms with Gasteiger partial charge in [-0.25, -0.2) is 4.98 Å². The Labute approximate surface area is 172 Å². The first-order valence-electron chi connectivity index (χ1n) is 8.87. The molecule has 2 rings (SSSR count). The molecule has 0 unspecified atom stereocenters. The second-order valence-corrected chi connectivity index (χ2v) is 7.19. The van der Waals surface area contributed by atoms with Crippen molar-refractivity contribution in [1.82, 2.24) is 15.6 Å². The minimum Gasteiger partial charge on any atom is -0.378 e. The largest absolute Gasteiger partial charge is 0.378 e. The van der Waals surface area contributed by atoms with E-state index in [2.05, 4.69) is 26.0 Å². The smallest absolute Gasteiger partial charge is 0.191 e. The highest BCUT2D eigenvalue weighted by atomic mass is 127. The lowest BCUT2D eigenvalue weighted by atomic mass is 9.98. The van der Waals surface area contributed by atoms with Gasteiger partial charge in [-0.05, 0) is 19.3 Å². The van der Waals surface area contributed by atoms with Crippen LogP contribution in [0, 0.1) is 0 Å². The standard InChI is InChI=1S/C17H31N5OS.HI/c1-18-16(20-12-14-13-24-17(21-14)22(2)3)19-10-7-11-23-15-8-5-4-6-9-15;/h13,15H,4-12H2,1-3H3,(H2,18,19,20);1H. The molecule has 0 aliphatic heterocycles. The van der Waals surface area contributed by atoms with Crippen molar-refractivity contribution in [2.24, 2.45) is 4.99 Å². The number of hydrogen-bond donors (Lipinski definition) is 2. The molecular weight excluding hydrogens is 449 g/mol. The maximum atomic E-state index is 5.94. The molecule has 1 heterocycles. The first kappa shape index (κ1) is 22.4. The molecule has 1 aliphatic rings. The van der Waals surface area contributed by atoms with Crippen molar-refractivity contribution in [3.8, 4) is 0 Å². The minimum atomic E-state index is 0. The zero-order valence-corrected chi connectivity index (χ0v) is 18.7. The molecule has 25 heavy (non-hydrogen) atoms. The molecule has 0 amide bonds. The average Bonchev–Trinajstić information content (AvgIpc) is 3.07. The summed E-state index contributed by atoms with van der Waals surface area (Å²) in [6, 6.07) is 0. The quantitative estimate of drug-likeness (QED) is 0.259. The molecule has 0 bridgehead atoms. The lowest BCUT2D eigenvalue weighted by molar-refractivity contribution is 0.0277. The molecule has 1 fully saturated rings. The second-order valence-electron chi connectivity index (χ2n) is 6.35. The minimum absolute atomic E-state index is 0. The molecule has 0 spiro atoms. The number of hydrogen-bond acceptors (Lipinski definition) is 5. The van der Waals surface area contributed by atoms with Crippen LogP contribution in [0.4, 0.5) is 5.13 Å². The first-order chi connectivity index (χ1) is 11.7. The van der Waals surface area contributed by atoms with E-state index >= 15 is 0 Å². The molecule has 1 aromatic rings. The number of aliphatic imine (C=N–C) groups is 1. The van der Waals surface area contributed by atoms with Gasteiger partial charge in [0.05, 0.1) is 18.3 Å². The number of guanidine groups is 1. The monoisotopic (exact) mass is 481 g/mol. The Bertz CT molecular complexity index is 503. The third kappa shape index (κ3) is 8.54. The summed E-state index contributed by atoms with van der Waals surface area (Å²) in [5, 5.41) is 9.73. The van der Waals surface area contributed by atoms with E-state index in [4.69, 9.17) is 4.74 Å². The topological polar surface area (TPSA) is 61.8 Å². The summed E-state index contributed by atoms with van der Waals surface area (Å²) < 4.78 is 5.94. The summed E-state index contributed by atoms with van der Waals surface area (Å²) in [6.07, 6.45) is 7.99. The Kier molecular flexibility index (Phi) is 11.4. The van der Waals surface area contributed by atoms with Crippen molar-refractivity contribution >= 4 is 46.4 Å². The van der Waals surface area contributed by atoms with Crippen molar-refractivity contribution in [3.05, 3.63) is 11.1 Å². The molecule has 2 N–H and O–H groups in total. The Balaban J connectivity index is 0.00000312. The summed E-state index contributed by atoms with van der Waals surface area (Å²) in [5.74, 6) is 0.812. The highest BCUT2D eigenvalue weighted by molar-refractivity contribution is 14.0. The third-order valence-electron chi connectivity index (χ3n) is 4.10. The van der Waals surface area contributed by atoms with Gasteiger partial charge in [0.25, 0.3) is 0 Å². The van der Waals surface area contributed by atoms with Crippen molar-refractivity contribution < 1.29 is 4.74 Å². The van der Waals surface area contributed by atoms with Crippen LogP contribution in [0.15, 0.2) is 10.4 Å². The van der Waals surface area contributed by atoms with E-state index in [1.807, 2.05) is 19.0 Å². The zero-order chi connectivity index (χ0) is 17.2. The van der Waals surface area contributed by atoms with Crippen LogP contribution < -0.4 is 15.5 Å². The molecule has 8 heteroatoms. The van der Waals surface area contributed by atoms with E-state index in [1.165, 1.54) is 32.1 Å². The van der Waals surface area contributed by atoms with Gasteiger partial charge < -0.3 is 20.3 Å². The lowest BCUT2D eigenvalue weighted by Crippen LogP contribution is -2.37. The Morgan fingerprint density at radius 1 is 1.32 bits per heavy atom. The molecule has 0 aromatic carbocycles. The van der Waals surface area contributed by atoms with Crippen LogP contribution >= 0.6 is 35.3 Å². The lowest BCUT2D eigenvalue weighted by Gasteiger charge is -2.22. The van der Waals surface area contributed by atoms with Gasteiger partial charge in [0.15, 0.2) is 11.1 Å². The Morgan fingerprint density at radius 3 is 2.72 bits per heavy atom. The maximum absolute atomic E-state index is 5.94. The molecule has 1 aliphatic carbocycles. The maximum Gasteiger partial charge on any atom is 0.191 e. The number of anilines is 1. The summed E-state index contributed by atoms with van der Waals surface area (Å²) in [4.78, 5) is 10.8. The number of thiazole rings is 1. The fourth-order valence-electron chi connectivity index (χ4n) is 2.74. The molecule has 0 atom stereocenters. The van der Waals surface area contributed by atoms with E-state index in [0.29, 0.717) is 12.6 Å². The van der Waals surface area contributed by atoms with Gasteiger partial charge in [0.2, 0.25) is 0 Å². The van der Waals surface area contributed by atoms with E-state index in [-0.39, 0.29) is 24.0 Å². The van der Waals surface area contributed by atoms with Crippen molar-refractivity contribution in [2.45, 2.75) is 51.2 Å². The molecular formula is C17H32IN5OS. The number of aromatic nitrogens is 1. The van der Waals surface area contributed by atoms with Gasteiger partial charge in [-0.3, -0.25) is 4.99 Å². The van der Waals surface area contributed by atoms with Crippen LogP contribution in [0.2, 0.25) is 0 Å². The number of ether oxygens (including phenoxy) is 1. The van der Waals surface area contributed by atoms with Crippen LogP contribution in [0.5, 0.6) is 0 Å².